The fraction of sp³-hybridized carbons (Fsp3) is 0.625. The molecule has 16 heavy (non-hydrogen) atoms. The highest BCUT2D eigenvalue weighted by Crippen LogP contribution is 2.32. The average Bonchev–Trinajstić information content (AvgIpc) is 2.42. The van der Waals surface area contributed by atoms with Crippen molar-refractivity contribution < 1.29 is 0 Å². The Kier molecular flexibility index (Phi) is 6.22. The molecule has 1 fully saturated rings. The van der Waals surface area contributed by atoms with Crippen LogP contribution in [0.2, 0.25) is 0 Å². The van der Waals surface area contributed by atoms with E-state index in [1.165, 1.54) is 37.7 Å². The Labute approximate surface area is 101 Å². The lowest BCUT2D eigenvalue weighted by atomic mass is 9.84. The van der Waals surface area contributed by atoms with Gasteiger partial charge in [-0.3, -0.25) is 0 Å². The molecule has 90 valence electrons. The van der Waals surface area contributed by atoms with E-state index in [0.29, 0.717) is 0 Å². The van der Waals surface area contributed by atoms with Crippen molar-refractivity contribution in [3.05, 3.63) is 35.4 Å². The highest BCUT2D eigenvalue weighted by atomic mass is 14.2. The summed E-state index contributed by atoms with van der Waals surface area (Å²) in [5.41, 5.74) is 3.03. The van der Waals surface area contributed by atoms with E-state index < -0.39 is 0 Å². The molecule has 0 N–H and O–H groups in total. The fourth-order valence-corrected chi connectivity index (χ4v) is 2.46. The maximum Gasteiger partial charge on any atom is -0.0162 e. The van der Waals surface area contributed by atoms with E-state index >= 15 is 0 Å². The lowest BCUT2D eigenvalue weighted by Crippen LogP contribution is -2.04. The van der Waals surface area contributed by atoms with Gasteiger partial charge in [0.15, 0.2) is 0 Å². The third kappa shape index (κ3) is 3.66. The molecule has 1 aromatic carbocycles. The molecule has 0 heterocycles. The first-order valence-corrected chi connectivity index (χ1v) is 6.99. The number of hydrogen-bond acceptors (Lipinski definition) is 0. The topological polar surface area (TPSA) is 0 Å². The smallest absolute Gasteiger partial charge is 0.0162 e. The van der Waals surface area contributed by atoms with Crippen molar-refractivity contribution >= 4 is 0 Å². The van der Waals surface area contributed by atoms with Crippen LogP contribution in [-0.2, 0) is 6.42 Å². The molecule has 0 unspecified atom stereocenters. The molecule has 1 saturated carbocycles. The maximum absolute atomic E-state index is 2.34. The van der Waals surface area contributed by atoms with Gasteiger partial charge in [-0.15, -0.1) is 0 Å². The van der Waals surface area contributed by atoms with Crippen LogP contribution in [0.15, 0.2) is 24.3 Å². The van der Waals surface area contributed by atoms with Gasteiger partial charge in [-0.1, -0.05) is 64.3 Å². The number of benzene rings is 1. The van der Waals surface area contributed by atoms with Gasteiger partial charge in [0.05, 0.1) is 0 Å². The monoisotopic (exact) mass is 218 g/mol. The van der Waals surface area contributed by atoms with Crippen molar-refractivity contribution in [2.75, 3.05) is 0 Å². The molecule has 0 bridgehead atoms. The fourth-order valence-electron chi connectivity index (χ4n) is 2.46. The first-order valence-electron chi connectivity index (χ1n) is 6.99. The zero-order valence-corrected chi connectivity index (χ0v) is 11.1. The molecule has 0 amide bonds. The second kappa shape index (κ2) is 7.49. The van der Waals surface area contributed by atoms with E-state index in [4.69, 9.17) is 0 Å². The Hall–Kier alpha value is -0.780. The van der Waals surface area contributed by atoms with Crippen LogP contribution in [0.5, 0.6) is 0 Å². The maximum atomic E-state index is 2.34. The van der Waals surface area contributed by atoms with Crippen LogP contribution in [-0.4, -0.2) is 0 Å². The third-order valence-electron chi connectivity index (χ3n) is 3.46. The minimum atomic E-state index is 0.856. The van der Waals surface area contributed by atoms with E-state index in [1.54, 1.807) is 5.56 Å². The van der Waals surface area contributed by atoms with Crippen LogP contribution in [0, 0.1) is 0 Å². The van der Waals surface area contributed by atoms with Gasteiger partial charge in [-0.05, 0) is 36.3 Å². The second-order valence-electron chi connectivity index (χ2n) is 4.43. The highest BCUT2D eigenvalue weighted by molar-refractivity contribution is 5.25. The Morgan fingerprint density at radius 1 is 0.938 bits per heavy atom. The summed E-state index contributed by atoms with van der Waals surface area (Å²) in [5, 5.41) is 0. The summed E-state index contributed by atoms with van der Waals surface area (Å²) in [6.45, 7) is 6.22. The van der Waals surface area contributed by atoms with Gasteiger partial charge in [0.2, 0.25) is 0 Å². The number of hydrogen-bond donors (Lipinski definition) is 0. The van der Waals surface area contributed by atoms with Crippen LogP contribution >= 0.6 is 0 Å². The van der Waals surface area contributed by atoms with Gasteiger partial charge in [-0.25, -0.2) is 0 Å². The van der Waals surface area contributed by atoms with Crippen LogP contribution in [0.25, 0.3) is 0 Å². The highest BCUT2D eigenvalue weighted by Gasteiger charge is 2.14. The van der Waals surface area contributed by atoms with Crippen LogP contribution < -0.4 is 0 Å². The summed E-state index contributed by atoms with van der Waals surface area (Å²) in [5.74, 6) is 0.856. The van der Waals surface area contributed by atoms with E-state index in [2.05, 4.69) is 31.2 Å². The molecular weight excluding hydrogens is 192 g/mol. The van der Waals surface area contributed by atoms with Crippen molar-refractivity contribution in [2.45, 2.75) is 65.2 Å². The molecule has 1 aliphatic carbocycles. The molecule has 2 rings (SSSR count). The molecule has 0 saturated heterocycles. The summed E-state index contributed by atoms with van der Waals surface area (Å²) in [6, 6.07) is 9.28. The van der Waals surface area contributed by atoms with E-state index in [9.17, 15) is 0 Å². The summed E-state index contributed by atoms with van der Waals surface area (Å²) < 4.78 is 0. The van der Waals surface area contributed by atoms with Crippen molar-refractivity contribution in [1.82, 2.24) is 0 Å². The van der Waals surface area contributed by atoms with Gasteiger partial charge in [0.1, 0.15) is 0 Å². The first kappa shape index (κ1) is 13.3. The van der Waals surface area contributed by atoms with Gasteiger partial charge in [0.25, 0.3) is 0 Å². The molecule has 0 heteroatoms. The quantitative estimate of drug-likeness (QED) is 0.630. The molecule has 0 radical (unpaired) electrons. The summed E-state index contributed by atoms with van der Waals surface area (Å²) in [4.78, 5) is 0. The average molecular weight is 218 g/mol. The second-order valence-corrected chi connectivity index (χ2v) is 4.43. The standard InChI is InChI=1S/C14H20.C2H6/c1-2-12-8-10-14(11-9-12)13-6-4-3-5-7-13;1-2/h8-11,13H,2-7H2,1H3;1-2H3. The zero-order chi connectivity index (χ0) is 11.8. The SMILES string of the molecule is CC.CCc1ccc(C2CCCCC2)cc1. The van der Waals surface area contributed by atoms with Crippen molar-refractivity contribution in [1.29, 1.82) is 0 Å². The van der Waals surface area contributed by atoms with Crippen molar-refractivity contribution in [2.24, 2.45) is 0 Å². The lowest BCUT2D eigenvalue weighted by molar-refractivity contribution is 0.443. The van der Waals surface area contributed by atoms with Crippen molar-refractivity contribution in [3.63, 3.8) is 0 Å². The molecule has 1 aromatic rings. The Morgan fingerprint density at radius 2 is 1.50 bits per heavy atom. The van der Waals surface area contributed by atoms with Crippen LogP contribution in [0.3, 0.4) is 0 Å². The predicted molar refractivity (Wildman–Crippen MR) is 73.0 cm³/mol. The molecule has 0 nitrogen and oxygen atoms in total. The van der Waals surface area contributed by atoms with Gasteiger partial charge >= 0.3 is 0 Å². The normalized spacial score (nSPS) is 16.4. The molecule has 0 atom stereocenters. The van der Waals surface area contributed by atoms with E-state index in [0.717, 1.165) is 12.3 Å². The van der Waals surface area contributed by atoms with E-state index in [1.807, 2.05) is 13.8 Å². The minimum Gasteiger partial charge on any atom is -0.0683 e. The largest absolute Gasteiger partial charge is 0.0683 e. The predicted octanol–water partition coefficient (Wildman–Crippen LogP) is 5.32. The van der Waals surface area contributed by atoms with Gasteiger partial charge in [-0.2, -0.15) is 0 Å². The first-order chi connectivity index (χ1) is 7.90. The molecular formula is C16H26. The van der Waals surface area contributed by atoms with Gasteiger partial charge < -0.3 is 0 Å². The Bertz CT molecular complexity index is 265. The van der Waals surface area contributed by atoms with Crippen LogP contribution in [0.1, 0.15) is 69.9 Å². The molecule has 0 aliphatic heterocycles. The lowest BCUT2D eigenvalue weighted by Gasteiger charge is -2.22. The third-order valence-corrected chi connectivity index (χ3v) is 3.46. The minimum absolute atomic E-state index is 0.856. The Balaban J connectivity index is 0.000000606. The zero-order valence-electron chi connectivity index (χ0n) is 11.1. The van der Waals surface area contributed by atoms with Gasteiger partial charge in [0, 0.05) is 0 Å². The van der Waals surface area contributed by atoms with Crippen molar-refractivity contribution in [3.8, 4) is 0 Å². The molecule has 1 aliphatic rings. The number of rotatable bonds is 2. The summed E-state index contributed by atoms with van der Waals surface area (Å²) >= 11 is 0. The number of aryl methyl sites for hydroxylation is 1. The van der Waals surface area contributed by atoms with Crippen LogP contribution in [0.4, 0.5) is 0 Å². The summed E-state index contributed by atoms with van der Waals surface area (Å²) in [6.07, 6.45) is 8.28. The molecule has 0 aromatic heterocycles. The van der Waals surface area contributed by atoms with E-state index in [-0.39, 0.29) is 0 Å². The summed E-state index contributed by atoms with van der Waals surface area (Å²) in [7, 11) is 0. The molecule has 0 spiro atoms. The Morgan fingerprint density at radius 3 is 2.00 bits per heavy atom.